The van der Waals surface area contributed by atoms with Crippen molar-refractivity contribution in [3.05, 3.63) is 92.5 Å². The second kappa shape index (κ2) is 9.93. The number of hydrogen-bond donors (Lipinski definition) is 0. The molecule has 1 aliphatic heterocycles. The lowest BCUT2D eigenvalue weighted by Gasteiger charge is -2.28. The van der Waals surface area contributed by atoms with Gasteiger partial charge in [0, 0.05) is 20.7 Å². The summed E-state index contributed by atoms with van der Waals surface area (Å²) < 4.78 is 6.16. The van der Waals surface area contributed by atoms with Gasteiger partial charge in [-0.15, -0.1) is 0 Å². The lowest BCUT2D eigenvalue weighted by atomic mass is 10.1. The van der Waals surface area contributed by atoms with Crippen LogP contribution in [0.2, 0.25) is 5.02 Å². The maximum absolute atomic E-state index is 13.5. The predicted octanol–water partition coefficient (Wildman–Crippen LogP) is 4.93. The highest BCUT2D eigenvalue weighted by Crippen LogP contribution is 2.29. The first kappa shape index (κ1) is 23.3. The van der Waals surface area contributed by atoms with Crippen molar-refractivity contribution in [3.63, 3.8) is 0 Å². The molecule has 6 nitrogen and oxygen atoms in total. The Balaban J connectivity index is 1.69. The van der Waals surface area contributed by atoms with Crippen molar-refractivity contribution in [2.45, 2.75) is 19.0 Å². The monoisotopic (exact) mass is 574 g/mol. The summed E-state index contributed by atoms with van der Waals surface area (Å²) >= 11 is 8.51. The van der Waals surface area contributed by atoms with Crippen LogP contribution in [0.25, 0.3) is 0 Å². The number of imide groups is 1. The van der Waals surface area contributed by atoms with Gasteiger partial charge in [0.05, 0.1) is 19.2 Å². The molecular formula is C25H20ClIN2O4. The molecule has 0 bridgehead atoms. The van der Waals surface area contributed by atoms with Gasteiger partial charge in [-0.1, -0.05) is 29.8 Å². The molecule has 1 fully saturated rings. The Labute approximate surface area is 210 Å². The number of halogens is 2. The highest BCUT2D eigenvalue weighted by molar-refractivity contribution is 14.1. The van der Waals surface area contributed by atoms with Gasteiger partial charge in [0.1, 0.15) is 11.8 Å². The number of methoxy groups -OCH3 is 1. The van der Waals surface area contributed by atoms with Crippen LogP contribution < -0.4 is 9.64 Å². The second-order valence-corrected chi connectivity index (χ2v) is 9.17. The van der Waals surface area contributed by atoms with E-state index in [0.717, 1.165) is 8.47 Å². The molecule has 1 saturated heterocycles. The third-order valence-electron chi connectivity index (χ3n) is 5.48. The summed E-state index contributed by atoms with van der Waals surface area (Å²) in [6, 6.07) is 19.9. The van der Waals surface area contributed by atoms with E-state index in [1.807, 2.05) is 18.2 Å². The first-order valence-electron chi connectivity index (χ1n) is 10.2. The highest BCUT2D eigenvalue weighted by atomic mass is 127. The Morgan fingerprint density at radius 1 is 1.06 bits per heavy atom. The largest absolute Gasteiger partial charge is 0.497 e. The third kappa shape index (κ3) is 4.89. The van der Waals surface area contributed by atoms with E-state index in [1.165, 1.54) is 4.90 Å². The molecule has 0 saturated carbocycles. The minimum atomic E-state index is -0.942. The average Bonchev–Trinajstić information content (AvgIpc) is 3.12. The van der Waals surface area contributed by atoms with Crippen LogP contribution in [0.1, 0.15) is 22.3 Å². The van der Waals surface area contributed by atoms with Crippen LogP contribution in [0.3, 0.4) is 0 Å². The van der Waals surface area contributed by atoms with E-state index in [2.05, 4.69) is 22.6 Å². The van der Waals surface area contributed by atoms with Crippen molar-refractivity contribution in [2.75, 3.05) is 12.0 Å². The van der Waals surface area contributed by atoms with Crippen LogP contribution in [0.4, 0.5) is 5.69 Å². The van der Waals surface area contributed by atoms with E-state index in [1.54, 1.807) is 61.7 Å². The highest BCUT2D eigenvalue weighted by Gasteiger charge is 2.44. The number of rotatable bonds is 6. The number of hydrogen-bond acceptors (Lipinski definition) is 4. The molecule has 1 heterocycles. The Hall–Kier alpha value is -2.91. The van der Waals surface area contributed by atoms with E-state index in [9.17, 15) is 14.4 Å². The molecule has 3 aromatic carbocycles. The molecule has 3 amide bonds. The Morgan fingerprint density at radius 3 is 2.36 bits per heavy atom. The number of carbonyl (C=O) groups excluding carboxylic acids is 3. The fourth-order valence-corrected chi connectivity index (χ4v) is 4.31. The maximum atomic E-state index is 13.5. The summed E-state index contributed by atoms with van der Waals surface area (Å²) in [7, 11) is 1.54. The number of anilines is 1. The van der Waals surface area contributed by atoms with Gasteiger partial charge in [0.15, 0.2) is 0 Å². The lowest BCUT2D eigenvalue weighted by Crippen LogP contribution is -2.45. The second-order valence-electron chi connectivity index (χ2n) is 7.52. The number of nitrogens with zero attached hydrogens (tertiary/aromatic N) is 2. The van der Waals surface area contributed by atoms with Gasteiger partial charge in [-0.25, -0.2) is 4.90 Å². The number of amides is 3. The van der Waals surface area contributed by atoms with Crippen molar-refractivity contribution in [1.29, 1.82) is 0 Å². The molecule has 1 unspecified atom stereocenters. The third-order valence-corrected chi connectivity index (χ3v) is 6.57. The van der Waals surface area contributed by atoms with E-state index >= 15 is 0 Å². The number of ether oxygens (including phenoxy) is 1. The predicted molar refractivity (Wildman–Crippen MR) is 134 cm³/mol. The van der Waals surface area contributed by atoms with E-state index in [-0.39, 0.29) is 24.8 Å². The van der Waals surface area contributed by atoms with Gasteiger partial charge in [-0.05, 0) is 82.8 Å². The SMILES string of the molecule is COc1ccc(C(=O)N(Cc2ccccc2Cl)C2CC(=O)N(c3ccc(I)cc3)C2=O)cc1. The molecule has 0 spiro atoms. The molecule has 33 heavy (non-hydrogen) atoms. The fraction of sp³-hybridized carbons (Fsp3) is 0.160. The van der Waals surface area contributed by atoms with Crippen molar-refractivity contribution >= 4 is 57.6 Å². The summed E-state index contributed by atoms with van der Waals surface area (Å²) in [6.45, 7) is 0.0920. The van der Waals surface area contributed by atoms with Gasteiger partial charge in [0.2, 0.25) is 5.91 Å². The van der Waals surface area contributed by atoms with Crippen LogP contribution in [0.5, 0.6) is 5.75 Å². The molecule has 1 aliphatic rings. The standard InChI is InChI=1S/C25H20ClIN2O4/c1-33-20-12-6-16(7-13-20)24(31)28(15-17-4-2-3-5-21(17)26)22-14-23(30)29(25(22)32)19-10-8-18(27)9-11-19/h2-13,22H,14-15H2,1H3. The van der Waals surface area contributed by atoms with Crippen LogP contribution in [-0.2, 0) is 16.1 Å². The van der Waals surface area contributed by atoms with Crippen molar-refractivity contribution in [2.24, 2.45) is 0 Å². The van der Waals surface area contributed by atoms with Crippen LogP contribution in [0, 0.1) is 3.57 Å². The summed E-state index contributed by atoms with van der Waals surface area (Å²) in [5, 5.41) is 0.483. The Bertz CT molecular complexity index is 1200. The zero-order valence-electron chi connectivity index (χ0n) is 17.7. The first-order chi connectivity index (χ1) is 15.9. The normalized spacial score (nSPS) is 15.6. The summed E-state index contributed by atoms with van der Waals surface area (Å²) in [5.41, 5.74) is 1.56. The van der Waals surface area contributed by atoms with Crippen LogP contribution >= 0.6 is 34.2 Å². The van der Waals surface area contributed by atoms with E-state index in [0.29, 0.717) is 27.6 Å². The fourth-order valence-electron chi connectivity index (χ4n) is 3.75. The van der Waals surface area contributed by atoms with Gasteiger partial charge in [0.25, 0.3) is 11.8 Å². The van der Waals surface area contributed by atoms with Crippen LogP contribution in [0.15, 0.2) is 72.8 Å². The summed E-state index contributed by atoms with van der Waals surface area (Å²) in [5.74, 6) is -0.539. The number of benzene rings is 3. The smallest absolute Gasteiger partial charge is 0.257 e. The first-order valence-corrected chi connectivity index (χ1v) is 11.7. The molecule has 0 aromatic heterocycles. The van der Waals surface area contributed by atoms with E-state index < -0.39 is 11.9 Å². The maximum Gasteiger partial charge on any atom is 0.257 e. The van der Waals surface area contributed by atoms with Crippen molar-refractivity contribution in [3.8, 4) is 5.75 Å². The topological polar surface area (TPSA) is 66.9 Å². The quantitative estimate of drug-likeness (QED) is 0.309. The minimum absolute atomic E-state index is 0.0920. The molecule has 8 heteroatoms. The van der Waals surface area contributed by atoms with Crippen molar-refractivity contribution in [1.82, 2.24) is 4.90 Å². The molecule has 1 atom stereocenters. The van der Waals surface area contributed by atoms with Crippen LogP contribution in [-0.4, -0.2) is 35.8 Å². The molecule has 3 aromatic rings. The lowest BCUT2D eigenvalue weighted by molar-refractivity contribution is -0.122. The number of carbonyl (C=O) groups is 3. The van der Waals surface area contributed by atoms with Crippen molar-refractivity contribution < 1.29 is 19.1 Å². The molecule has 0 aliphatic carbocycles. The van der Waals surface area contributed by atoms with Gasteiger partial charge in [-0.2, -0.15) is 0 Å². The van der Waals surface area contributed by atoms with E-state index in [4.69, 9.17) is 16.3 Å². The molecule has 0 N–H and O–H groups in total. The zero-order valence-corrected chi connectivity index (χ0v) is 20.6. The van der Waals surface area contributed by atoms with Gasteiger partial charge >= 0.3 is 0 Å². The van der Waals surface area contributed by atoms with Gasteiger partial charge in [-0.3, -0.25) is 14.4 Å². The molecular weight excluding hydrogens is 555 g/mol. The molecule has 4 rings (SSSR count). The summed E-state index contributed by atoms with van der Waals surface area (Å²) in [4.78, 5) is 42.4. The summed E-state index contributed by atoms with van der Waals surface area (Å²) in [6.07, 6.45) is -0.100. The van der Waals surface area contributed by atoms with Gasteiger partial charge < -0.3 is 9.64 Å². The molecule has 168 valence electrons. The zero-order chi connectivity index (χ0) is 23.5. The Kier molecular flexibility index (Phi) is 6.99. The molecule has 0 radical (unpaired) electrons. The average molecular weight is 575 g/mol. The minimum Gasteiger partial charge on any atom is -0.497 e. The Morgan fingerprint density at radius 2 is 1.73 bits per heavy atom.